The van der Waals surface area contributed by atoms with Gasteiger partial charge in [-0.1, -0.05) is 34.5 Å². The highest BCUT2D eigenvalue weighted by Crippen LogP contribution is 2.29. The van der Waals surface area contributed by atoms with Gasteiger partial charge in [0.15, 0.2) is 0 Å². The summed E-state index contributed by atoms with van der Waals surface area (Å²) in [5.41, 5.74) is 0. The van der Waals surface area contributed by atoms with Crippen LogP contribution in [0.25, 0.3) is 0 Å². The molecule has 1 aromatic rings. The molecule has 1 aromatic carbocycles. The second kappa shape index (κ2) is 8.23. The van der Waals surface area contributed by atoms with Crippen LogP contribution >= 0.6 is 27.5 Å². The molecule has 1 aliphatic rings. The molecule has 1 fully saturated rings. The normalized spacial score (nSPS) is 22.1. The Hall–Kier alpha value is -0.290. The minimum absolute atomic E-state index is 0.170. The molecule has 0 radical (unpaired) electrons. The van der Waals surface area contributed by atoms with E-state index in [0.717, 1.165) is 36.8 Å². The second-order valence-electron chi connectivity index (χ2n) is 5.05. The summed E-state index contributed by atoms with van der Waals surface area (Å²) in [5, 5.41) is 4.02. The highest BCUT2D eigenvalue weighted by atomic mass is 79.9. The van der Waals surface area contributed by atoms with E-state index < -0.39 is 0 Å². The lowest BCUT2D eigenvalue weighted by molar-refractivity contribution is 0.0187. The van der Waals surface area contributed by atoms with Crippen molar-refractivity contribution in [1.82, 2.24) is 5.32 Å². The summed E-state index contributed by atoms with van der Waals surface area (Å²) < 4.78 is 12.7. The van der Waals surface area contributed by atoms with Gasteiger partial charge >= 0.3 is 0 Å². The van der Waals surface area contributed by atoms with Crippen LogP contribution in [0.15, 0.2) is 22.7 Å². The fourth-order valence-electron chi connectivity index (χ4n) is 2.27. The van der Waals surface area contributed by atoms with E-state index in [0.29, 0.717) is 23.5 Å². The van der Waals surface area contributed by atoms with Crippen LogP contribution in [0.5, 0.6) is 5.75 Å². The quantitative estimate of drug-likeness (QED) is 0.743. The van der Waals surface area contributed by atoms with Crippen LogP contribution in [0.2, 0.25) is 5.02 Å². The summed E-state index contributed by atoms with van der Waals surface area (Å²) in [6.07, 6.45) is 3.78. The number of hydrogen-bond donors (Lipinski definition) is 1. The maximum Gasteiger partial charge on any atom is 0.138 e. The maximum absolute atomic E-state index is 6.12. The van der Waals surface area contributed by atoms with Crippen molar-refractivity contribution in [2.45, 2.75) is 38.4 Å². The van der Waals surface area contributed by atoms with Gasteiger partial charge in [-0.2, -0.15) is 0 Å². The molecule has 3 nitrogen and oxygen atoms in total. The molecule has 20 heavy (non-hydrogen) atoms. The van der Waals surface area contributed by atoms with Crippen molar-refractivity contribution >= 4 is 27.5 Å². The Morgan fingerprint density at radius 3 is 2.95 bits per heavy atom. The van der Waals surface area contributed by atoms with Crippen LogP contribution in [0.1, 0.15) is 26.2 Å². The van der Waals surface area contributed by atoms with Crippen molar-refractivity contribution in [2.24, 2.45) is 0 Å². The first kappa shape index (κ1) is 16.1. The molecule has 1 saturated heterocycles. The van der Waals surface area contributed by atoms with Crippen LogP contribution in [-0.4, -0.2) is 31.9 Å². The van der Waals surface area contributed by atoms with Crippen LogP contribution in [0.4, 0.5) is 0 Å². The minimum Gasteiger partial charge on any atom is -0.489 e. The molecule has 0 bridgehead atoms. The Kier molecular flexibility index (Phi) is 6.62. The first-order chi connectivity index (χ1) is 9.69. The molecule has 1 aliphatic heterocycles. The standard InChI is InChI=1S/C15H21BrClNO2/c1-2-7-18-9-12-4-5-13(20-12)10-19-15-6-3-11(16)8-14(15)17/h3,6,8,12-13,18H,2,4-5,7,9-10H2,1H3. The first-order valence-electron chi connectivity index (χ1n) is 7.13. The average molecular weight is 363 g/mol. The lowest BCUT2D eigenvalue weighted by atomic mass is 10.2. The van der Waals surface area contributed by atoms with Crippen LogP contribution in [0.3, 0.4) is 0 Å². The molecule has 0 spiro atoms. The van der Waals surface area contributed by atoms with Gasteiger partial charge in [0.2, 0.25) is 0 Å². The molecule has 1 N–H and O–H groups in total. The van der Waals surface area contributed by atoms with Gasteiger partial charge in [-0.25, -0.2) is 0 Å². The fourth-order valence-corrected chi connectivity index (χ4v) is 3.00. The SMILES string of the molecule is CCCNCC1CCC(COc2ccc(Br)cc2Cl)O1. The molecule has 2 unspecified atom stereocenters. The van der Waals surface area contributed by atoms with E-state index in [1.165, 1.54) is 0 Å². The second-order valence-corrected chi connectivity index (χ2v) is 6.37. The van der Waals surface area contributed by atoms with Gasteiger partial charge in [-0.3, -0.25) is 0 Å². The van der Waals surface area contributed by atoms with Crippen molar-refractivity contribution in [1.29, 1.82) is 0 Å². The van der Waals surface area contributed by atoms with E-state index in [4.69, 9.17) is 21.1 Å². The summed E-state index contributed by atoms with van der Waals surface area (Å²) in [5.74, 6) is 0.714. The zero-order valence-electron chi connectivity index (χ0n) is 11.7. The van der Waals surface area contributed by atoms with Crippen molar-refractivity contribution in [2.75, 3.05) is 19.7 Å². The number of benzene rings is 1. The predicted octanol–water partition coefficient (Wildman–Crippen LogP) is 4.03. The molecule has 5 heteroatoms. The number of halogens is 2. The summed E-state index contributed by atoms with van der Waals surface area (Å²) in [7, 11) is 0. The number of nitrogens with one attached hydrogen (secondary N) is 1. The van der Waals surface area contributed by atoms with E-state index in [2.05, 4.69) is 28.2 Å². The van der Waals surface area contributed by atoms with Gasteiger partial charge in [0.25, 0.3) is 0 Å². The zero-order chi connectivity index (χ0) is 14.4. The van der Waals surface area contributed by atoms with Gasteiger partial charge in [-0.05, 0) is 44.0 Å². The first-order valence-corrected chi connectivity index (χ1v) is 8.30. The number of hydrogen-bond acceptors (Lipinski definition) is 3. The molecule has 1 heterocycles. The third kappa shape index (κ3) is 4.92. The number of rotatable bonds is 7. The molecule has 112 valence electrons. The van der Waals surface area contributed by atoms with Crippen LogP contribution in [0, 0.1) is 0 Å². The summed E-state index contributed by atoms with van der Waals surface area (Å²) in [6.45, 7) is 4.71. The Balaban J connectivity index is 1.72. The summed E-state index contributed by atoms with van der Waals surface area (Å²) in [4.78, 5) is 0. The van der Waals surface area contributed by atoms with Gasteiger partial charge in [0.1, 0.15) is 12.4 Å². The van der Waals surface area contributed by atoms with Crippen LogP contribution < -0.4 is 10.1 Å². The molecule has 0 aliphatic carbocycles. The van der Waals surface area contributed by atoms with E-state index in [1.54, 1.807) is 0 Å². The van der Waals surface area contributed by atoms with Crippen molar-refractivity contribution < 1.29 is 9.47 Å². The Bertz CT molecular complexity index is 430. The monoisotopic (exact) mass is 361 g/mol. The minimum atomic E-state index is 0.170. The largest absolute Gasteiger partial charge is 0.489 e. The zero-order valence-corrected chi connectivity index (χ0v) is 14.0. The summed E-state index contributed by atoms with van der Waals surface area (Å²) >= 11 is 9.50. The lowest BCUT2D eigenvalue weighted by Crippen LogP contribution is -2.28. The highest BCUT2D eigenvalue weighted by molar-refractivity contribution is 9.10. The van der Waals surface area contributed by atoms with E-state index >= 15 is 0 Å². The topological polar surface area (TPSA) is 30.5 Å². The highest BCUT2D eigenvalue weighted by Gasteiger charge is 2.25. The van der Waals surface area contributed by atoms with Crippen molar-refractivity contribution in [3.8, 4) is 5.75 Å². The maximum atomic E-state index is 6.12. The molecular weight excluding hydrogens is 342 g/mol. The van der Waals surface area contributed by atoms with Gasteiger partial charge in [0, 0.05) is 11.0 Å². The smallest absolute Gasteiger partial charge is 0.138 e. The Morgan fingerprint density at radius 1 is 1.40 bits per heavy atom. The lowest BCUT2D eigenvalue weighted by Gasteiger charge is -2.15. The van der Waals surface area contributed by atoms with E-state index in [1.807, 2.05) is 18.2 Å². The Labute approximate surface area is 134 Å². The van der Waals surface area contributed by atoms with Gasteiger partial charge in [-0.15, -0.1) is 0 Å². The molecular formula is C15H21BrClNO2. The average Bonchev–Trinajstić information content (AvgIpc) is 2.86. The molecule has 0 saturated carbocycles. The predicted molar refractivity (Wildman–Crippen MR) is 85.7 cm³/mol. The fraction of sp³-hybridized carbons (Fsp3) is 0.600. The van der Waals surface area contributed by atoms with E-state index in [-0.39, 0.29) is 6.10 Å². The molecule has 2 atom stereocenters. The van der Waals surface area contributed by atoms with Crippen LogP contribution in [-0.2, 0) is 4.74 Å². The third-order valence-corrected chi connectivity index (χ3v) is 4.10. The van der Waals surface area contributed by atoms with Crippen molar-refractivity contribution in [3.05, 3.63) is 27.7 Å². The van der Waals surface area contributed by atoms with E-state index in [9.17, 15) is 0 Å². The third-order valence-electron chi connectivity index (χ3n) is 3.31. The van der Waals surface area contributed by atoms with Crippen molar-refractivity contribution in [3.63, 3.8) is 0 Å². The summed E-state index contributed by atoms with van der Waals surface area (Å²) in [6, 6.07) is 5.64. The molecule has 0 amide bonds. The number of ether oxygens (including phenoxy) is 2. The van der Waals surface area contributed by atoms with Gasteiger partial charge < -0.3 is 14.8 Å². The molecule has 0 aromatic heterocycles. The van der Waals surface area contributed by atoms with Gasteiger partial charge in [0.05, 0.1) is 17.2 Å². The Morgan fingerprint density at radius 2 is 2.20 bits per heavy atom. The molecule has 2 rings (SSSR count).